The van der Waals surface area contributed by atoms with Gasteiger partial charge in [-0.1, -0.05) is 0 Å². The standard InChI is InChI=1S/C14H14FN5O/c1-20-8-16-6-10(20)2-3-17-14(21)11-4-9(15)5-12-13(11)19-7-18-12/h4-8H,2-3H2,1H3,(H,17,21)(H,18,19). The van der Waals surface area contributed by atoms with Crippen LogP contribution in [-0.4, -0.2) is 32.0 Å². The van der Waals surface area contributed by atoms with Gasteiger partial charge in [-0.05, 0) is 12.1 Å². The lowest BCUT2D eigenvalue weighted by molar-refractivity contribution is 0.0955. The zero-order valence-electron chi connectivity index (χ0n) is 11.4. The molecule has 0 aliphatic carbocycles. The quantitative estimate of drug-likeness (QED) is 0.761. The molecule has 0 atom stereocenters. The minimum absolute atomic E-state index is 0.233. The first-order valence-electron chi connectivity index (χ1n) is 6.51. The third-order valence-electron chi connectivity index (χ3n) is 3.32. The fraction of sp³-hybridized carbons (Fsp3) is 0.214. The van der Waals surface area contributed by atoms with Gasteiger partial charge in [-0.15, -0.1) is 0 Å². The van der Waals surface area contributed by atoms with Crippen molar-refractivity contribution in [3.63, 3.8) is 0 Å². The average Bonchev–Trinajstić information content (AvgIpc) is 3.07. The van der Waals surface area contributed by atoms with Crippen molar-refractivity contribution in [2.75, 3.05) is 6.54 Å². The molecule has 7 heteroatoms. The number of halogens is 1. The van der Waals surface area contributed by atoms with Crippen molar-refractivity contribution >= 4 is 16.9 Å². The van der Waals surface area contributed by atoms with E-state index >= 15 is 0 Å². The van der Waals surface area contributed by atoms with Crippen LogP contribution in [-0.2, 0) is 13.5 Å². The van der Waals surface area contributed by atoms with Gasteiger partial charge in [-0.2, -0.15) is 0 Å². The summed E-state index contributed by atoms with van der Waals surface area (Å²) in [6.45, 7) is 0.445. The molecule has 1 aromatic carbocycles. The van der Waals surface area contributed by atoms with Crippen LogP contribution in [0.4, 0.5) is 4.39 Å². The molecule has 2 N–H and O–H groups in total. The fourth-order valence-corrected chi connectivity index (χ4v) is 2.21. The van der Waals surface area contributed by atoms with E-state index in [2.05, 4.69) is 20.3 Å². The highest BCUT2D eigenvalue weighted by Crippen LogP contribution is 2.17. The highest BCUT2D eigenvalue weighted by Gasteiger charge is 2.13. The van der Waals surface area contributed by atoms with Gasteiger partial charge in [0.25, 0.3) is 5.91 Å². The number of nitrogens with zero attached hydrogens (tertiary/aromatic N) is 3. The van der Waals surface area contributed by atoms with Crippen LogP contribution in [0.5, 0.6) is 0 Å². The molecule has 108 valence electrons. The summed E-state index contributed by atoms with van der Waals surface area (Å²) < 4.78 is 15.4. The predicted octanol–water partition coefficient (Wildman–Crippen LogP) is 1.41. The minimum atomic E-state index is -0.469. The Balaban J connectivity index is 1.72. The Labute approximate surface area is 120 Å². The largest absolute Gasteiger partial charge is 0.352 e. The molecular formula is C14H14FN5O. The maximum atomic E-state index is 13.5. The molecule has 3 aromatic rings. The van der Waals surface area contributed by atoms with Crippen molar-refractivity contribution in [2.24, 2.45) is 7.05 Å². The molecule has 0 spiro atoms. The number of nitrogens with one attached hydrogen (secondary N) is 2. The number of H-pyrrole nitrogens is 1. The smallest absolute Gasteiger partial charge is 0.253 e. The SMILES string of the molecule is Cn1cncc1CCNC(=O)c1cc(F)cc2[nH]cnc12. The van der Waals surface area contributed by atoms with E-state index in [1.165, 1.54) is 18.5 Å². The van der Waals surface area contributed by atoms with E-state index in [0.29, 0.717) is 24.0 Å². The van der Waals surface area contributed by atoms with Gasteiger partial charge >= 0.3 is 0 Å². The van der Waals surface area contributed by atoms with E-state index in [4.69, 9.17) is 0 Å². The fourth-order valence-electron chi connectivity index (χ4n) is 2.21. The number of carbonyl (C=O) groups excluding carboxylic acids is 1. The number of hydrogen-bond acceptors (Lipinski definition) is 3. The molecule has 6 nitrogen and oxygen atoms in total. The lowest BCUT2D eigenvalue weighted by Gasteiger charge is -2.06. The Bertz CT molecular complexity index is 792. The number of rotatable bonds is 4. The molecule has 21 heavy (non-hydrogen) atoms. The summed E-state index contributed by atoms with van der Waals surface area (Å²) in [7, 11) is 1.89. The summed E-state index contributed by atoms with van der Waals surface area (Å²) in [5, 5.41) is 2.77. The molecule has 0 saturated carbocycles. The Hall–Kier alpha value is -2.70. The summed E-state index contributed by atoms with van der Waals surface area (Å²) in [5.41, 5.74) is 2.22. The number of benzene rings is 1. The van der Waals surface area contributed by atoms with E-state index in [-0.39, 0.29) is 11.5 Å². The number of imidazole rings is 2. The van der Waals surface area contributed by atoms with E-state index in [1.807, 2.05) is 11.6 Å². The van der Waals surface area contributed by atoms with Gasteiger partial charge in [-0.3, -0.25) is 4.79 Å². The summed E-state index contributed by atoms with van der Waals surface area (Å²) in [6.07, 6.45) is 5.55. The average molecular weight is 287 g/mol. The van der Waals surface area contributed by atoms with E-state index < -0.39 is 5.82 Å². The van der Waals surface area contributed by atoms with Gasteiger partial charge in [-0.25, -0.2) is 14.4 Å². The molecule has 2 heterocycles. The molecule has 0 bridgehead atoms. The highest BCUT2D eigenvalue weighted by molar-refractivity contribution is 6.04. The second-order valence-corrected chi connectivity index (χ2v) is 4.75. The molecule has 0 fully saturated rings. The van der Waals surface area contributed by atoms with Crippen LogP contribution >= 0.6 is 0 Å². The van der Waals surface area contributed by atoms with Gasteiger partial charge in [0.1, 0.15) is 11.3 Å². The monoisotopic (exact) mass is 287 g/mol. The summed E-state index contributed by atoms with van der Waals surface area (Å²) >= 11 is 0. The lowest BCUT2D eigenvalue weighted by Crippen LogP contribution is -2.26. The first-order valence-corrected chi connectivity index (χ1v) is 6.51. The summed E-state index contributed by atoms with van der Waals surface area (Å²) in [6, 6.07) is 2.51. The second kappa shape index (κ2) is 5.35. The van der Waals surface area contributed by atoms with Crippen LogP contribution in [0.3, 0.4) is 0 Å². The van der Waals surface area contributed by atoms with Crippen molar-refractivity contribution in [1.82, 2.24) is 24.8 Å². The van der Waals surface area contributed by atoms with Crippen LogP contribution in [0, 0.1) is 5.82 Å². The number of fused-ring (bicyclic) bond motifs is 1. The number of aryl methyl sites for hydroxylation is 1. The van der Waals surface area contributed by atoms with Crippen LogP contribution < -0.4 is 5.32 Å². The normalized spacial score (nSPS) is 11.0. The van der Waals surface area contributed by atoms with Gasteiger partial charge < -0.3 is 14.9 Å². The van der Waals surface area contributed by atoms with Crippen LogP contribution in [0.1, 0.15) is 16.1 Å². The Morgan fingerprint density at radius 1 is 1.48 bits per heavy atom. The first kappa shape index (κ1) is 13.3. The molecular weight excluding hydrogens is 273 g/mol. The topological polar surface area (TPSA) is 75.6 Å². The molecule has 0 saturated heterocycles. The number of aromatic amines is 1. The van der Waals surface area contributed by atoms with Crippen molar-refractivity contribution in [2.45, 2.75) is 6.42 Å². The zero-order valence-corrected chi connectivity index (χ0v) is 11.4. The molecule has 0 aliphatic heterocycles. The van der Waals surface area contributed by atoms with Crippen molar-refractivity contribution in [3.8, 4) is 0 Å². The van der Waals surface area contributed by atoms with Crippen LogP contribution in [0.2, 0.25) is 0 Å². The molecule has 0 radical (unpaired) electrons. The maximum Gasteiger partial charge on any atom is 0.253 e. The molecule has 3 rings (SSSR count). The van der Waals surface area contributed by atoms with Crippen molar-refractivity contribution in [3.05, 3.63) is 48.1 Å². The third-order valence-corrected chi connectivity index (χ3v) is 3.32. The van der Waals surface area contributed by atoms with Gasteiger partial charge in [0.2, 0.25) is 0 Å². The lowest BCUT2D eigenvalue weighted by atomic mass is 10.1. The maximum absolute atomic E-state index is 13.5. The van der Waals surface area contributed by atoms with Gasteiger partial charge in [0.05, 0.1) is 23.7 Å². The number of carbonyl (C=O) groups is 1. The highest BCUT2D eigenvalue weighted by atomic mass is 19.1. The summed E-state index contributed by atoms with van der Waals surface area (Å²) in [4.78, 5) is 23.0. The Kier molecular flexibility index (Phi) is 3.39. The minimum Gasteiger partial charge on any atom is -0.352 e. The molecule has 2 aromatic heterocycles. The van der Waals surface area contributed by atoms with Gasteiger partial charge in [0.15, 0.2) is 0 Å². The first-order chi connectivity index (χ1) is 10.1. The van der Waals surface area contributed by atoms with E-state index in [9.17, 15) is 9.18 Å². The molecule has 0 aliphatic rings. The number of hydrogen-bond donors (Lipinski definition) is 2. The molecule has 0 unspecified atom stereocenters. The van der Waals surface area contributed by atoms with Gasteiger partial charge in [0, 0.05) is 31.9 Å². The summed E-state index contributed by atoms with van der Waals surface area (Å²) in [5.74, 6) is -0.808. The Morgan fingerprint density at radius 3 is 3.10 bits per heavy atom. The van der Waals surface area contributed by atoms with Crippen LogP contribution in [0.15, 0.2) is 31.0 Å². The molecule has 1 amide bonds. The number of amides is 1. The second-order valence-electron chi connectivity index (χ2n) is 4.75. The van der Waals surface area contributed by atoms with Crippen molar-refractivity contribution in [1.29, 1.82) is 0 Å². The number of aromatic nitrogens is 4. The third kappa shape index (κ3) is 2.62. The zero-order chi connectivity index (χ0) is 14.8. The Morgan fingerprint density at radius 2 is 2.33 bits per heavy atom. The predicted molar refractivity (Wildman–Crippen MR) is 75.3 cm³/mol. The van der Waals surface area contributed by atoms with Crippen LogP contribution in [0.25, 0.3) is 11.0 Å². The van der Waals surface area contributed by atoms with E-state index in [0.717, 1.165) is 5.69 Å². The van der Waals surface area contributed by atoms with Crippen molar-refractivity contribution < 1.29 is 9.18 Å². The van der Waals surface area contributed by atoms with E-state index in [1.54, 1.807) is 12.5 Å².